The molecule has 0 aliphatic rings. The predicted molar refractivity (Wildman–Crippen MR) is 71.1 cm³/mol. The van der Waals surface area contributed by atoms with E-state index in [-0.39, 0.29) is 6.10 Å². The summed E-state index contributed by atoms with van der Waals surface area (Å²) in [7, 11) is 0. The normalized spacial score (nSPS) is 9.07. The third-order valence-electron chi connectivity index (χ3n) is 1.28. The third-order valence-corrected chi connectivity index (χ3v) is 1.28. The summed E-state index contributed by atoms with van der Waals surface area (Å²) in [5.74, 6) is 0. The van der Waals surface area contributed by atoms with Crippen molar-refractivity contribution in [3.05, 3.63) is 35.9 Å². The van der Waals surface area contributed by atoms with Gasteiger partial charge in [-0.05, 0) is 12.5 Å². The summed E-state index contributed by atoms with van der Waals surface area (Å²) in [6, 6.07) is 9.59. The number of aliphatic hydroxyl groups excluding tert-OH is 1. The third kappa shape index (κ3) is 13.2. The van der Waals surface area contributed by atoms with Crippen LogP contribution in [0.15, 0.2) is 30.3 Å². The van der Waals surface area contributed by atoms with Gasteiger partial charge in [-0.15, -0.1) is 0 Å². The zero-order valence-corrected chi connectivity index (χ0v) is 11.4. The fraction of sp³-hybridized carbons (Fsp3) is 0.571. The molecule has 0 heterocycles. The number of hydrogen-bond acceptors (Lipinski definition) is 1. The highest BCUT2D eigenvalue weighted by molar-refractivity contribution is 5.16. The summed E-state index contributed by atoms with van der Waals surface area (Å²) in [5.41, 5.74) is 0.970. The lowest BCUT2D eigenvalue weighted by atomic mass is 10.1. The molecule has 1 nitrogen and oxygen atoms in total. The fourth-order valence-electron chi connectivity index (χ4n) is 0.732. The van der Waals surface area contributed by atoms with Gasteiger partial charge >= 0.3 is 0 Å². The Morgan fingerprint density at radius 3 is 1.33 bits per heavy atom. The molecule has 0 radical (unpaired) electrons. The molecule has 0 aliphatic heterocycles. The second-order valence-electron chi connectivity index (χ2n) is 2.09. The zero-order valence-electron chi connectivity index (χ0n) is 11.4. The van der Waals surface area contributed by atoms with Crippen LogP contribution in [0.1, 0.15) is 60.1 Å². The Hall–Kier alpha value is -0.820. The Labute approximate surface area is 96.2 Å². The van der Waals surface area contributed by atoms with E-state index in [2.05, 4.69) is 0 Å². The van der Waals surface area contributed by atoms with Gasteiger partial charge in [0, 0.05) is 0 Å². The molecule has 0 saturated carbocycles. The first-order chi connectivity index (χ1) is 7.30. The topological polar surface area (TPSA) is 20.2 Å². The molecule has 0 fully saturated rings. The molecule has 1 heteroatoms. The van der Waals surface area contributed by atoms with Crippen molar-refractivity contribution >= 4 is 0 Å². The minimum atomic E-state index is -0.341. The molecule has 0 spiro atoms. The van der Waals surface area contributed by atoms with Gasteiger partial charge in [-0.25, -0.2) is 0 Å². The van der Waals surface area contributed by atoms with Gasteiger partial charge in [0.1, 0.15) is 0 Å². The summed E-state index contributed by atoms with van der Waals surface area (Å²) in [4.78, 5) is 0. The van der Waals surface area contributed by atoms with Crippen LogP contribution < -0.4 is 0 Å². The summed E-state index contributed by atoms with van der Waals surface area (Å²) < 4.78 is 0. The van der Waals surface area contributed by atoms with Gasteiger partial charge in [-0.1, -0.05) is 71.9 Å². The van der Waals surface area contributed by atoms with E-state index >= 15 is 0 Å². The average molecular weight is 212 g/mol. The quantitative estimate of drug-likeness (QED) is 0.707. The van der Waals surface area contributed by atoms with Crippen LogP contribution in [-0.2, 0) is 0 Å². The van der Waals surface area contributed by atoms with Gasteiger partial charge in [0.15, 0.2) is 0 Å². The Kier molecular flexibility index (Phi) is 24.8. The van der Waals surface area contributed by atoms with Crippen LogP contribution in [0, 0.1) is 0 Å². The molecule has 1 unspecified atom stereocenters. The molecule has 1 aromatic rings. The van der Waals surface area contributed by atoms with Crippen LogP contribution in [0.5, 0.6) is 0 Å². The van der Waals surface area contributed by atoms with Crippen LogP contribution in [0.3, 0.4) is 0 Å². The molecular formula is C14H28O. The highest BCUT2D eigenvalue weighted by atomic mass is 16.3. The SMILES string of the molecule is CC.CC.CC.CC(O)c1ccccc1. The first kappa shape index (κ1) is 19.7. The van der Waals surface area contributed by atoms with Crippen LogP contribution in [-0.4, -0.2) is 5.11 Å². The Bertz CT molecular complexity index is 168. The van der Waals surface area contributed by atoms with Crippen molar-refractivity contribution in [1.82, 2.24) is 0 Å². The second kappa shape index (κ2) is 18.9. The summed E-state index contributed by atoms with van der Waals surface area (Å²) in [5, 5.41) is 9.02. The first-order valence-electron chi connectivity index (χ1n) is 6.03. The number of hydrogen-bond donors (Lipinski definition) is 1. The van der Waals surface area contributed by atoms with Crippen molar-refractivity contribution in [2.24, 2.45) is 0 Å². The van der Waals surface area contributed by atoms with Crippen molar-refractivity contribution in [3.63, 3.8) is 0 Å². The Morgan fingerprint density at radius 2 is 1.13 bits per heavy atom. The fourth-order valence-corrected chi connectivity index (χ4v) is 0.732. The second-order valence-corrected chi connectivity index (χ2v) is 2.09. The maximum absolute atomic E-state index is 9.02. The zero-order chi connectivity index (χ0) is 12.7. The van der Waals surface area contributed by atoms with Gasteiger partial charge < -0.3 is 5.11 Å². The van der Waals surface area contributed by atoms with E-state index in [0.717, 1.165) is 5.56 Å². The largest absolute Gasteiger partial charge is 0.389 e. The van der Waals surface area contributed by atoms with E-state index in [1.165, 1.54) is 0 Å². The Morgan fingerprint density at radius 1 is 0.800 bits per heavy atom. The van der Waals surface area contributed by atoms with Crippen LogP contribution in [0.2, 0.25) is 0 Å². The van der Waals surface area contributed by atoms with Gasteiger partial charge in [-0.3, -0.25) is 0 Å². The maximum atomic E-state index is 9.02. The van der Waals surface area contributed by atoms with Crippen molar-refractivity contribution in [2.45, 2.75) is 54.6 Å². The molecule has 0 saturated heterocycles. The Balaban J connectivity index is -0.000000208. The molecule has 15 heavy (non-hydrogen) atoms. The molecule has 0 amide bonds. The van der Waals surface area contributed by atoms with Gasteiger partial charge in [-0.2, -0.15) is 0 Å². The molecule has 1 N–H and O–H groups in total. The minimum absolute atomic E-state index is 0.341. The standard InChI is InChI=1S/C8H10O.3C2H6/c1-7(9)8-5-3-2-4-6-8;3*1-2/h2-7,9H,1H3;3*1-2H3. The van der Waals surface area contributed by atoms with Gasteiger partial charge in [0.2, 0.25) is 0 Å². The average Bonchev–Trinajstić information content (AvgIpc) is 2.38. The van der Waals surface area contributed by atoms with Crippen molar-refractivity contribution in [1.29, 1.82) is 0 Å². The summed E-state index contributed by atoms with van der Waals surface area (Å²) in [6.45, 7) is 13.8. The molecule has 0 aliphatic carbocycles. The van der Waals surface area contributed by atoms with E-state index in [1.54, 1.807) is 6.92 Å². The van der Waals surface area contributed by atoms with E-state index in [9.17, 15) is 0 Å². The van der Waals surface area contributed by atoms with Crippen LogP contribution in [0.4, 0.5) is 0 Å². The van der Waals surface area contributed by atoms with Crippen LogP contribution in [0.25, 0.3) is 0 Å². The highest BCUT2D eigenvalue weighted by Gasteiger charge is 1.95. The van der Waals surface area contributed by atoms with E-state index in [0.29, 0.717) is 0 Å². The van der Waals surface area contributed by atoms with E-state index < -0.39 is 0 Å². The van der Waals surface area contributed by atoms with E-state index in [1.807, 2.05) is 71.9 Å². The molecule has 90 valence electrons. The molecule has 1 atom stereocenters. The van der Waals surface area contributed by atoms with Gasteiger partial charge in [0.25, 0.3) is 0 Å². The molecular weight excluding hydrogens is 184 g/mol. The predicted octanol–water partition coefficient (Wildman–Crippen LogP) is 4.82. The van der Waals surface area contributed by atoms with Gasteiger partial charge in [0.05, 0.1) is 6.10 Å². The lowest BCUT2D eigenvalue weighted by Gasteiger charge is -2.00. The number of aliphatic hydroxyl groups is 1. The van der Waals surface area contributed by atoms with Crippen molar-refractivity contribution < 1.29 is 5.11 Å². The summed E-state index contributed by atoms with van der Waals surface area (Å²) in [6.07, 6.45) is -0.341. The smallest absolute Gasteiger partial charge is 0.0761 e. The maximum Gasteiger partial charge on any atom is 0.0761 e. The summed E-state index contributed by atoms with van der Waals surface area (Å²) >= 11 is 0. The highest BCUT2D eigenvalue weighted by Crippen LogP contribution is 2.08. The van der Waals surface area contributed by atoms with Crippen molar-refractivity contribution in [3.8, 4) is 0 Å². The first-order valence-corrected chi connectivity index (χ1v) is 6.03. The monoisotopic (exact) mass is 212 g/mol. The van der Waals surface area contributed by atoms with Crippen molar-refractivity contribution in [2.75, 3.05) is 0 Å². The van der Waals surface area contributed by atoms with E-state index in [4.69, 9.17) is 5.11 Å². The number of rotatable bonds is 1. The molecule has 1 aromatic carbocycles. The molecule has 0 aromatic heterocycles. The molecule has 1 rings (SSSR count). The lowest BCUT2D eigenvalue weighted by molar-refractivity contribution is 0.199. The van der Waals surface area contributed by atoms with Crippen LogP contribution >= 0.6 is 0 Å². The number of benzene rings is 1. The molecule has 0 bridgehead atoms. The lowest BCUT2D eigenvalue weighted by Crippen LogP contribution is -1.87. The minimum Gasteiger partial charge on any atom is -0.389 e.